The molecule has 30 heavy (non-hydrogen) atoms. The number of halogens is 2. The fourth-order valence-electron chi connectivity index (χ4n) is 3.96. The predicted octanol–water partition coefficient (Wildman–Crippen LogP) is -0.611. The van der Waals surface area contributed by atoms with Crippen molar-refractivity contribution in [3.05, 3.63) is 57.6 Å². The van der Waals surface area contributed by atoms with Crippen LogP contribution in [-0.4, -0.2) is 38.1 Å². The molecule has 0 aliphatic heterocycles. The number of anilines is 2. The number of benzene rings is 2. The second-order valence-corrected chi connectivity index (χ2v) is 8.06. The van der Waals surface area contributed by atoms with Crippen LogP contribution in [0.25, 0.3) is 0 Å². The summed E-state index contributed by atoms with van der Waals surface area (Å²) < 4.78 is 0. The molecule has 2 N–H and O–H groups in total. The van der Waals surface area contributed by atoms with Crippen molar-refractivity contribution in [2.45, 2.75) is 48.0 Å². The van der Waals surface area contributed by atoms with E-state index >= 15 is 0 Å². The van der Waals surface area contributed by atoms with Gasteiger partial charge in [-0.2, -0.15) is 0 Å². The van der Waals surface area contributed by atoms with E-state index in [4.69, 9.17) is 0 Å². The standard InChI is InChI=1S/C24H37N3.2ClH.Co/c1-17-13-19(3)23(20(4)14-17)25-9-8-11-27(7)12-10-26-24-21(5)15-18(2)16-22(24)6;;;/h13-16,25-26H,8-12H2,1-7H3;2*1H;/q;;;+2/p-2. The third-order valence-corrected chi connectivity index (χ3v) is 5.17. The van der Waals surface area contributed by atoms with Crippen LogP contribution in [0.3, 0.4) is 0 Å². The Balaban J connectivity index is 0. The number of rotatable bonds is 9. The Morgan fingerprint density at radius 1 is 0.633 bits per heavy atom. The van der Waals surface area contributed by atoms with Crippen LogP contribution in [0, 0.1) is 41.5 Å². The molecule has 1 radical (unpaired) electrons. The maximum atomic E-state index is 3.62. The zero-order valence-electron chi connectivity index (χ0n) is 19.4. The molecule has 0 fully saturated rings. The van der Waals surface area contributed by atoms with Gasteiger partial charge in [0.1, 0.15) is 0 Å². The van der Waals surface area contributed by atoms with E-state index in [2.05, 4.69) is 88.4 Å². The van der Waals surface area contributed by atoms with E-state index in [1.54, 1.807) is 0 Å². The summed E-state index contributed by atoms with van der Waals surface area (Å²) in [4.78, 5) is 2.41. The number of hydrogen-bond donors (Lipinski definition) is 2. The van der Waals surface area contributed by atoms with Gasteiger partial charge in [0.15, 0.2) is 0 Å². The molecular formula is C24H37Cl2CoN3. The molecule has 0 atom stereocenters. The van der Waals surface area contributed by atoms with Gasteiger partial charge >= 0.3 is 16.8 Å². The SMILES string of the molecule is Cc1cc(C)c(NCCCN(C)CCNc2c(C)cc(C)cc2C)c(C)c1.[Cl-].[Cl-].[Co+2]. The summed E-state index contributed by atoms with van der Waals surface area (Å²) >= 11 is 0. The van der Waals surface area contributed by atoms with Crippen LogP contribution < -0.4 is 35.4 Å². The molecule has 0 amide bonds. The van der Waals surface area contributed by atoms with Crippen molar-refractivity contribution in [3.8, 4) is 0 Å². The molecule has 0 saturated heterocycles. The summed E-state index contributed by atoms with van der Waals surface area (Å²) in [5.74, 6) is 0. The number of nitrogens with zero attached hydrogens (tertiary/aromatic N) is 1. The summed E-state index contributed by atoms with van der Waals surface area (Å²) in [5.41, 5.74) is 10.6. The fraction of sp³-hybridized carbons (Fsp3) is 0.500. The zero-order chi connectivity index (χ0) is 20.0. The van der Waals surface area contributed by atoms with Crippen LogP contribution in [0.2, 0.25) is 0 Å². The first-order chi connectivity index (χ1) is 12.8. The Labute approximate surface area is 206 Å². The average molecular weight is 497 g/mol. The molecule has 0 spiro atoms. The van der Waals surface area contributed by atoms with E-state index in [9.17, 15) is 0 Å². The minimum Gasteiger partial charge on any atom is -1.00 e. The van der Waals surface area contributed by atoms with Gasteiger partial charge in [0.05, 0.1) is 0 Å². The summed E-state index contributed by atoms with van der Waals surface area (Å²) in [6.07, 6.45) is 1.14. The Kier molecular flexibility index (Phi) is 15.6. The molecular weight excluding hydrogens is 460 g/mol. The maximum Gasteiger partial charge on any atom is 2.00 e. The molecule has 0 aliphatic rings. The van der Waals surface area contributed by atoms with Gasteiger partial charge in [0.25, 0.3) is 0 Å². The maximum absolute atomic E-state index is 3.62. The monoisotopic (exact) mass is 496 g/mol. The molecule has 0 unspecified atom stereocenters. The Morgan fingerprint density at radius 3 is 1.40 bits per heavy atom. The van der Waals surface area contributed by atoms with Gasteiger partial charge in [-0.05, 0) is 83.8 Å². The van der Waals surface area contributed by atoms with Crippen LogP contribution in [0.1, 0.15) is 39.8 Å². The van der Waals surface area contributed by atoms with Crippen molar-refractivity contribution >= 4 is 11.4 Å². The van der Waals surface area contributed by atoms with E-state index in [0.29, 0.717) is 0 Å². The Hall–Kier alpha value is -0.914. The molecule has 2 aromatic carbocycles. The number of hydrogen-bond acceptors (Lipinski definition) is 3. The molecule has 3 nitrogen and oxygen atoms in total. The van der Waals surface area contributed by atoms with E-state index in [0.717, 1.165) is 32.6 Å². The number of aryl methyl sites for hydroxylation is 6. The van der Waals surface area contributed by atoms with Crippen LogP contribution in [0.15, 0.2) is 24.3 Å². The third-order valence-electron chi connectivity index (χ3n) is 5.17. The Bertz CT molecular complexity index is 735. The van der Waals surface area contributed by atoms with Gasteiger partial charge < -0.3 is 40.3 Å². The average Bonchev–Trinajstić information content (AvgIpc) is 2.55. The normalized spacial score (nSPS) is 10.0. The smallest absolute Gasteiger partial charge is 1.00 e. The summed E-state index contributed by atoms with van der Waals surface area (Å²) in [5, 5.41) is 7.24. The van der Waals surface area contributed by atoms with Crippen molar-refractivity contribution in [1.82, 2.24) is 4.90 Å². The Morgan fingerprint density at radius 2 is 1.00 bits per heavy atom. The quantitative estimate of drug-likeness (QED) is 0.453. The molecule has 0 aliphatic carbocycles. The minimum atomic E-state index is 0. The summed E-state index contributed by atoms with van der Waals surface area (Å²) in [6.45, 7) is 17.2. The summed E-state index contributed by atoms with van der Waals surface area (Å²) in [7, 11) is 2.21. The van der Waals surface area contributed by atoms with E-state index < -0.39 is 0 Å². The first kappa shape index (κ1) is 31.3. The van der Waals surface area contributed by atoms with Crippen molar-refractivity contribution in [2.24, 2.45) is 0 Å². The van der Waals surface area contributed by atoms with Gasteiger partial charge in [-0.15, -0.1) is 0 Å². The first-order valence-corrected chi connectivity index (χ1v) is 10.1. The van der Waals surface area contributed by atoms with Crippen molar-refractivity contribution in [3.63, 3.8) is 0 Å². The van der Waals surface area contributed by atoms with E-state index in [-0.39, 0.29) is 41.6 Å². The number of nitrogens with one attached hydrogen (secondary N) is 2. The molecule has 171 valence electrons. The molecule has 2 aromatic rings. The van der Waals surface area contributed by atoms with Crippen LogP contribution >= 0.6 is 0 Å². The molecule has 0 aromatic heterocycles. The topological polar surface area (TPSA) is 27.3 Å². The minimum absolute atomic E-state index is 0. The van der Waals surface area contributed by atoms with Gasteiger partial charge in [0.2, 0.25) is 0 Å². The van der Waals surface area contributed by atoms with Crippen molar-refractivity contribution in [1.29, 1.82) is 0 Å². The zero-order valence-corrected chi connectivity index (χ0v) is 21.9. The molecule has 0 bridgehead atoms. The largest absolute Gasteiger partial charge is 2.00 e. The van der Waals surface area contributed by atoms with Crippen LogP contribution in [0.4, 0.5) is 11.4 Å². The van der Waals surface area contributed by atoms with E-state index in [1.807, 2.05) is 0 Å². The number of likely N-dealkylation sites (N-methyl/N-ethyl adjacent to an activating group) is 1. The molecule has 0 heterocycles. The fourth-order valence-corrected chi connectivity index (χ4v) is 3.96. The van der Waals surface area contributed by atoms with Crippen molar-refractivity contribution in [2.75, 3.05) is 43.9 Å². The molecule has 2 rings (SSSR count). The van der Waals surface area contributed by atoms with Crippen LogP contribution in [-0.2, 0) is 16.8 Å². The predicted molar refractivity (Wildman–Crippen MR) is 120 cm³/mol. The van der Waals surface area contributed by atoms with Crippen molar-refractivity contribution < 1.29 is 41.6 Å². The van der Waals surface area contributed by atoms with Crippen LogP contribution in [0.5, 0.6) is 0 Å². The van der Waals surface area contributed by atoms with Gasteiger partial charge in [0, 0.05) is 31.0 Å². The van der Waals surface area contributed by atoms with Gasteiger partial charge in [-0.25, -0.2) is 0 Å². The van der Waals surface area contributed by atoms with E-state index in [1.165, 1.54) is 44.8 Å². The molecule has 0 saturated carbocycles. The second kappa shape index (κ2) is 15.0. The summed E-state index contributed by atoms with van der Waals surface area (Å²) in [6, 6.07) is 9.00. The first-order valence-electron chi connectivity index (χ1n) is 10.1. The second-order valence-electron chi connectivity index (χ2n) is 8.06. The third kappa shape index (κ3) is 9.48. The van der Waals surface area contributed by atoms with Gasteiger partial charge in [-0.3, -0.25) is 0 Å². The molecule has 6 heteroatoms. The van der Waals surface area contributed by atoms with Gasteiger partial charge in [-0.1, -0.05) is 35.4 Å².